The standard InChI is InChI=1S/C34H43N6O10P/c1-22(38-33(45)27(35)17-24-13-15-26(41)16-14-24)32(44)37-19-30(42)40(2)29(18-23-9-5-3-6-10-23)34(46)39-28(31(36)43)21-50-51(47,48)49-20-25-11-7-4-8-12-25/h3-16,22,27-29,41H,17-21,35H2,1-2H3,(H2,36,43)(H,37,44)(H,38,45)(H,39,46)(H,47,48)/p+1/t22-,27+,28+,29+/m1/s1. The van der Waals surface area contributed by atoms with E-state index in [4.69, 9.17) is 14.8 Å². The Balaban J connectivity index is 1.60. The predicted molar refractivity (Wildman–Crippen MR) is 184 cm³/mol. The van der Waals surface area contributed by atoms with Gasteiger partial charge in [0, 0.05) is 19.9 Å². The number of likely N-dealkylation sites (N-methyl/N-ethyl adjacent to an activating group) is 1. The number of carbonyl (C=O) groups is 5. The van der Waals surface area contributed by atoms with Crippen molar-refractivity contribution in [3.8, 4) is 5.75 Å². The summed E-state index contributed by atoms with van der Waals surface area (Å²) in [6.07, 6.45) is 0.255. The maximum Gasteiger partial charge on any atom is 0.472 e. The van der Waals surface area contributed by atoms with Crippen molar-refractivity contribution in [2.45, 2.75) is 50.5 Å². The lowest BCUT2D eigenvalue weighted by molar-refractivity contribution is -0.403. The summed E-state index contributed by atoms with van der Waals surface area (Å²) in [4.78, 5) is 75.6. The van der Waals surface area contributed by atoms with Crippen LogP contribution < -0.4 is 27.4 Å². The number of nitrogens with one attached hydrogen (secondary N) is 3. The number of primary amides is 1. The van der Waals surface area contributed by atoms with E-state index in [1.807, 2.05) is 0 Å². The third-order valence-corrected chi connectivity index (χ3v) is 8.62. The molecule has 0 saturated carbocycles. The van der Waals surface area contributed by atoms with Crippen molar-refractivity contribution in [1.29, 1.82) is 0 Å². The molecule has 3 aromatic rings. The summed E-state index contributed by atoms with van der Waals surface area (Å²) in [5, 5.41) is 16.8. The van der Waals surface area contributed by atoms with Gasteiger partial charge in [0.25, 0.3) is 5.91 Å². The van der Waals surface area contributed by atoms with Crippen LogP contribution in [-0.4, -0.2) is 88.8 Å². The van der Waals surface area contributed by atoms with Gasteiger partial charge in [0.15, 0.2) is 6.04 Å². The van der Waals surface area contributed by atoms with Crippen LogP contribution in [0.5, 0.6) is 5.75 Å². The average Bonchev–Trinajstić information content (AvgIpc) is 3.11. The van der Waals surface area contributed by atoms with E-state index in [1.54, 1.807) is 72.8 Å². The number of phenols is 1. The number of amides is 5. The van der Waals surface area contributed by atoms with Crippen LogP contribution in [-0.2, 0) is 57.0 Å². The molecular formula is C34H44N6O10P+. The summed E-state index contributed by atoms with van der Waals surface area (Å²) in [5.74, 6) is -3.66. The third-order valence-electron chi connectivity index (χ3n) is 7.69. The van der Waals surface area contributed by atoms with E-state index in [1.165, 1.54) is 26.1 Å². The van der Waals surface area contributed by atoms with E-state index in [-0.39, 0.29) is 25.2 Å². The molecule has 0 aromatic heterocycles. The van der Waals surface area contributed by atoms with Gasteiger partial charge in [0.2, 0.25) is 23.6 Å². The van der Waals surface area contributed by atoms with Crippen LogP contribution in [0, 0.1) is 0 Å². The van der Waals surface area contributed by atoms with Gasteiger partial charge in [-0.1, -0.05) is 72.8 Å². The molecule has 0 fully saturated rings. The summed E-state index contributed by atoms with van der Waals surface area (Å²) in [6.45, 7) is -0.163. The summed E-state index contributed by atoms with van der Waals surface area (Å²) in [6, 6.07) is 18.9. The number of benzene rings is 3. The van der Waals surface area contributed by atoms with Gasteiger partial charge >= 0.3 is 7.82 Å². The van der Waals surface area contributed by atoms with Crippen molar-refractivity contribution >= 4 is 37.4 Å². The van der Waals surface area contributed by atoms with Gasteiger partial charge in [-0.05, 0) is 35.7 Å². The van der Waals surface area contributed by atoms with Crippen molar-refractivity contribution in [2.24, 2.45) is 5.73 Å². The van der Waals surface area contributed by atoms with Crippen LogP contribution in [0.3, 0.4) is 0 Å². The first-order valence-electron chi connectivity index (χ1n) is 15.9. The fourth-order valence-corrected chi connectivity index (χ4v) is 5.39. The second kappa shape index (κ2) is 19.3. The first kappa shape index (κ1) is 40.3. The molecule has 1 unspecified atom stereocenters. The zero-order chi connectivity index (χ0) is 37.6. The fourth-order valence-electron chi connectivity index (χ4n) is 4.66. The topological polar surface area (TPSA) is 254 Å². The van der Waals surface area contributed by atoms with Crippen LogP contribution >= 0.6 is 7.82 Å². The minimum Gasteiger partial charge on any atom is -0.508 e. The van der Waals surface area contributed by atoms with Crippen LogP contribution in [0.1, 0.15) is 23.6 Å². The van der Waals surface area contributed by atoms with Gasteiger partial charge < -0.3 is 42.3 Å². The monoisotopic (exact) mass is 727 g/mol. The van der Waals surface area contributed by atoms with Gasteiger partial charge in [-0.2, -0.15) is 0 Å². The summed E-state index contributed by atoms with van der Waals surface area (Å²) >= 11 is 0. The second-order valence-corrected chi connectivity index (χ2v) is 13.2. The number of phosphoric ester groups is 1. The number of quaternary nitrogens is 1. The second-order valence-electron chi connectivity index (χ2n) is 11.7. The highest BCUT2D eigenvalue weighted by Crippen LogP contribution is 2.44. The Morgan fingerprint density at radius 1 is 0.824 bits per heavy atom. The van der Waals surface area contributed by atoms with E-state index in [0.717, 1.165) is 10.5 Å². The fraction of sp³-hybridized carbons (Fsp3) is 0.324. The summed E-state index contributed by atoms with van der Waals surface area (Å²) in [7, 11) is -3.34. The molecule has 0 bridgehead atoms. The van der Waals surface area contributed by atoms with Gasteiger partial charge in [-0.3, -0.25) is 33.0 Å². The highest BCUT2D eigenvalue weighted by Gasteiger charge is 2.32. The summed E-state index contributed by atoms with van der Waals surface area (Å²) < 4.78 is 22.4. The Bertz CT molecular complexity index is 1680. The Kier molecular flexibility index (Phi) is 15.3. The van der Waals surface area contributed by atoms with Crippen molar-refractivity contribution in [1.82, 2.24) is 20.9 Å². The van der Waals surface area contributed by atoms with Crippen LogP contribution in [0.25, 0.3) is 0 Å². The first-order valence-corrected chi connectivity index (χ1v) is 17.4. The van der Waals surface area contributed by atoms with E-state index < -0.39 is 74.7 Å². The molecule has 0 aliphatic carbocycles. The van der Waals surface area contributed by atoms with Gasteiger partial charge in [0.05, 0.1) is 19.8 Å². The molecule has 0 spiro atoms. The van der Waals surface area contributed by atoms with Crippen LogP contribution in [0.4, 0.5) is 0 Å². The van der Waals surface area contributed by atoms with Gasteiger partial charge in [-0.15, -0.1) is 0 Å². The molecule has 3 rings (SSSR count). The van der Waals surface area contributed by atoms with Crippen molar-refractivity contribution < 1.29 is 53.3 Å². The number of aromatic hydroxyl groups is 1. The largest absolute Gasteiger partial charge is 0.508 e. The van der Waals surface area contributed by atoms with Crippen LogP contribution in [0.15, 0.2) is 84.9 Å². The van der Waals surface area contributed by atoms with Gasteiger partial charge in [0.1, 0.15) is 23.9 Å². The number of nitrogens with two attached hydrogens (primary N) is 1. The quantitative estimate of drug-likeness (QED) is 0.0783. The Labute approximate surface area is 295 Å². The Morgan fingerprint density at radius 3 is 1.98 bits per heavy atom. The molecule has 51 heavy (non-hydrogen) atoms. The number of phenolic OH excluding ortho intramolecular Hbond substituents is 1. The molecule has 0 aliphatic rings. The number of rotatable bonds is 19. The third kappa shape index (κ3) is 13.6. The molecule has 17 heteroatoms. The molecule has 5 atom stereocenters. The lowest BCUT2D eigenvalue weighted by atomic mass is 10.0. The number of carbonyl (C=O) groups excluding carboxylic acids is 5. The number of nitrogens with zero attached hydrogens (tertiary/aromatic N) is 1. The van der Waals surface area contributed by atoms with Crippen molar-refractivity contribution in [3.05, 3.63) is 102 Å². The molecular weight excluding hydrogens is 683 g/mol. The molecule has 0 aliphatic heterocycles. The lowest BCUT2D eigenvalue weighted by Crippen LogP contribution is -2.69. The normalized spacial score (nSPS) is 14.5. The number of hydrogen-bond acceptors (Lipinski definition) is 9. The first-order chi connectivity index (χ1) is 24.1. The highest BCUT2D eigenvalue weighted by molar-refractivity contribution is 7.47. The molecule has 5 amide bonds. The Hall–Kier alpha value is -5.12. The molecule has 0 heterocycles. The smallest absolute Gasteiger partial charge is 0.472 e. The van der Waals surface area contributed by atoms with Crippen LogP contribution in [0.2, 0.25) is 0 Å². The van der Waals surface area contributed by atoms with E-state index in [0.29, 0.717) is 11.1 Å². The van der Waals surface area contributed by atoms with E-state index >= 15 is 0 Å². The molecule has 0 radical (unpaired) electrons. The minimum absolute atomic E-state index is 0.00768. The molecule has 274 valence electrons. The molecule has 3 aromatic carbocycles. The molecule has 0 saturated heterocycles. The molecule has 16 nitrogen and oxygen atoms in total. The zero-order valence-electron chi connectivity index (χ0n) is 28.3. The van der Waals surface area contributed by atoms with Gasteiger partial charge in [-0.25, -0.2) is 4.57 Å². The highest BCUT2D eigenvalue weighted by atomic mass is 31.2. The SMILES string of the molecule is C[C@@H](NC(=O)[C@@H]([NH3+])Cc1ccc(O)cc1)C(=O)NCC(=O)N(C)[C@@H](Cc1ccccc1)C(=O)N[C@@H](COP(=O)(O)OCc1ccccc1)C(N)=O. The van der Waals surface area contributed by atoms with E-state index in [9.17, 15) is 38.5 Å². The molecule has 10 N–H and O–H groups in total. The lowest BCUT2D eigenvalue weighted by Gasteiger charge is -2.29. The zero-order valence-corrected chi connectivity index (χ0v) is 29.2. The van der Waals surface area contributed by atoms with E-state index in [2.05, 4.69) is 21.7 Å². The number of hydrogen-bond donors (Lipinski definition) is 7. The maximum atomic E-state index is 13.5. The Morgan fingerprint density at radius 2 is 1.39 bits per heavy atom. The predicted octanol–water partition coefficient (Wildman–Crippen LogP) is -0.460. The minimum atomic E-state index is -4.67. The maximum absolute atomic E-state index is 13.5. The average molecular weight is 728 g/mol. The van der Waals surface area contributed by atoms with Crippen molar-refractivity contribution in [2.75, 3.05) is 20.2 Å². The summed E-state index contributed by atoms with van der Waals surface area (Å²) in [5.41, 5.74) is 11.3. The number of phosphoric acid groups is 1. The van der Waals surface area contributed by atoms with Crippen molar-refractivity contribution in [3.63, 3.8) is 0 Å².